The van der Waals surface area contributed by atoms with E-state index in [9.17, 15) is 14.4 Å². The minimum atomic E-state index is -0.305. The number of nitrogens with one attached hydrogen (secondary N) is 1. The third-order valence-corrected chi connectivity index (χ3v) is 7.62. The Labute approximate surface area is 199 Å². The Morgan fingerprint density at radius 2 is 1.88 bits per heavy atom. The first kappa shape index (κ1) is 22.5. The number of hydrogen-bond acceptors (Lipinski definition) is 5. The van der Waals surface area contributed by atoms with Crippen LogP contribution in [0.2, 0.25) is 0 Å². The number of piperidine rings is 1. The van der Waals surface area contributed by atoms with Crippen molar-refractivity contribution in [2.75, 3.05) is 33.3 Å². The van der Waals surface area contributed by atoms with Crippen molar-refractivity contribution in [2.24, 2.45) is 0 Å². The number of carbonyl (C=O) groups is 3. The van der Waals surface area contributed by atoms with Crippen LogP contribution < -0.4 is 5.32 Å². The summed E-state index contributed by atoms with van der Waals surface area (Å²) in [7, 11) is 1.69. The molecule has 2 aromatic rings. The lowest BCUT2D eigenvalue weighted by Gasteiger charge is -2.44. The molecule has 1 aromatic carbocycles. The number of pyridine rings is 1. The molecule has 2 aliphatic heterocycles. The van der Waals surface area contributed by atoms with Crippen molar-refractivity contribution >= 4 is 17.7 Å². The summed E-state index contributed by atoms with van der Waals surface area (Å²) in [6.07, 6.45) is 4.18. The third-order valence-electron chi connectivity index (χ3n) is 7.62. The molecular weight excluding hydrogens is 432 g/mol. The Balaban J connectivity index is 1.35. The van der Waals surface area contributed by atoms with Crippen LogP contribution >= 0.6 is 0 Å². The summed E-state index contributed by atoms with van der Waals surface area (Å²) >= 11 is 0. The zero-order chi connectivity index (χ0) is 23.7. The largest absolute Gasteiger partial charge is 0.378 e. The maximum absolute atomic E-state index is 13.0. The van der Waals surface area contributed by atoms with Crippen molar-refractivity contribution in [1.82, 2.24) is 20.1 Å². The van der Waals surface area contributed by atoms with Gasteiger partial charge < -0.3 is 19.9 Å². The van der Waals surface area contributed by atoms with Crippen molar-refractivity contribution in [3.05, 3.63) is 65.5 Å². The number of carbonyl (C=O) groups excluding carboxylic acids is 3. The molecule has 2 fully saturated rings. The van der Waals surface area contributed by atoms with Crippen LogP contribution in [0.1, 0.15) is 53.3 Å². The molecule has 0 unspecified atom stereocenters. The molecule has 2 saturated heterocycles. The van der Waals surface area contributed by atoms with E-state index >= 15 is 0 Å². The molecule has 3 aliphatic rings. The van der Waals surface area contributed by atoms with Gasteiger partial charge in [0.1, 0.15) is 5.69 Å². The van der Waals surface area contributed by atoms with Crippen LogP contribution in [0.4, 0.5) is 0 Å². The summed E-state index contributed by atoms with van der Waals surface area (Å²) in [4.78, 5) is 45.5. The molecular formula is C26H30N4O4. The number of methoxy groups -OCH3 is 1. The number of rotatable bonds is 5. The number of benzene rings is 1. The molecule has 0 radical (unpaired) electrons. The number of amides is 3. The van der Waals surface area contributed by atoms with Crippen molar-refractivity contribution in [1.29, 1.82) is 0 Å². The second kappa shape index (κ2) is 9.18. The van der Waals surface area contributed by atoms with Crippen LogP contribution in [0.25, 0.3) is 0 Å². The highest BCUT2D eigenvalue weighted by Crippen LogP contribution is 2.52. The zero-order valence-electron chi connectivity index (χ0n) is 19.4. The number of ether oxygens (including phenoxy) is 1. The van der Waals surface area contributed by atoms with E-state index in [1.807, 2.05) is 17.0 Å². The summed E-state index contributed by atoms with van der Waals surface area (Å²) in [5, 5.41) is 3.16. The SMILES string of the molecule is CO[C@@H]1[C@@H](NC(=O)c2ccccn2)c2ccccc2C12CCN(C(=O)CN1CCCC1=O)CC2. The second-order valence-electron chi connectivity index (χ2n) is 9.37. The van der Waals surface area contributed by atoms with E-state index in [1.54, 1.807) is 36.4 Å². The first-order chi connectivity index (χ1) is 16.5. The molecule has 5 rings (SSSR count). The fourth-order valence-electron chi connectivity index (χ4n) is 5.93. The standard InChI is InChI=1S/C26H30N4O4/c1-34-24-23(28-25(33)20-9-4-5-13-27-20)18-7-2-3-8-19(18)26(24)11-15-29(16-12-26)22(32)17-30-14-6-10-21(30)31/h2-5,7-9,13,23-24H,6,10-12,14-17H2,1H3,(H,28,33)/t23-,24+/m0/s1. The highest BCUT2D eigenvalue weighted by molar-refractivity contribution is 5.92. The van der Waals surface area contributed by atoms with Crippen molar-refractivity contribution in [3.63, 3.8) is 0 Å². The van der Waals surface area contributed by atoms with Crippen LogP contribution in [-0.2, 0) is 19.7 Å². The van der Waals surface area contributed by atoms with Crippen LogP contribution in [0, 0.1) is 0 Å². The molecule has 3 amide bonds. The van der Waals surface area contributed by atoms with E-state index in [2.05, 4.69) is 22.4 Å². The van der Waals surface area contributed by atoms with Crippen LogP contribution in [0.15, 0.2) is 48.7 Å². The number of aromatic nitrogens is 1. The van der Waals surface area contributed by atoms with Gasteiger partial charge in [-0.3, -0.25) is 19.4 Å². The number of hydrogen-bond donors (Lipinski definition) is 1. The molecule has 1 aliphatic carbocycles. The third kappa shape index (κ3) is 3.86. The lowest BCUT2D eigenvalue weighted by molar-refractivity contribution is -0.140. The lowest BCUT2D eigenvalue weighted by atomic mass is 9.72. The predicted molar refractivity (Wildman–Crippen MR) is 125 cm³/mol. The van der Waals surface area contributed by atoms with Crippen LogP contribution in [-0.4, -0.2) is 71.9 Å². The molecule has 34 heavy (non-hydrogen) atoms. The molecule has 3 heterocycles. The molecule has 2 atom stereocenters. The van der Waals surface area contributed by atoms with Gasteiger partial charge in [-0.1, -0.05) is 30.3 Å². The molecule has 8 heteroatoms. The molecule has 1 N–H and O–H groups in total. The first-order valence-electron chi connectivity index (χ1n) is 11.9. The average molecular weight is 463 g/mol. The van der Waals surface area contributed by atoms with Gasteiger partial charge in [0.2, 0.25) is 11.8 Å². The second-order valence-corrected chi connectivity index (χ2v) is 9.37. The van der Waals surface area contributed by atoms with Crippen molar-refractivity contribution < 1.29 is 19.1 Å². The quantitative estimate of drug-likeness (QED) is 0.735. The molecule has 178 valence electrons. The maximum atomic E-state index is 13.0. The number of likely N-dealkylation sites (tertiary alicyclic amines) is 2. The van der Waals surface area contributed by atoms with E-state index in [0.717, 1.165) is 24.8 Å². The minimum Gasteiger partial charge on any atom is -0.378 e. The summed E-state index contributed by atoms with van der Waals surface area (Å²) in [6, 6.07) is 13.1. The van der Waals surface area contributed by atoms with Crippen molar-refractivity contribution in [3.8, 4) is 0 Å². The van der Waals surface area contributed by atoms with E-state index in [4.69, 9.17) is 4.74 Å². The van der Waals surface area contributed by atoms with E-state index in [-0.39, 0.29) is 41.8 Å². The summed E-state index contributed by atoms with van der Waals surface area (Å²) in [5.74, 6) is -0.162. The first-order valence-corrected chi connectivity index (χ1v) is 11.9. The van der Waals surface area contributed by atoms with Gasteiger partial charge in [-0.15, -0.1) is 0 Å². The molecule has 0 bridgehead atoms. The lowest BCUT2D eigenvalue weighted by Crippen LogP contribution is -2.53. The molecule has 1 aromatic heterocycles. The molecule has 8 nitrogen and oxygen atoms in total. The smallest absolute Gasteiger partial charge is 0.270 e. The van der Waals surface area contributed by atoms with E-state index in [0.29, 0.717) is 31.7 Å². The van der Waals surface area contributed by atoms with Gasteiger partial charge in [0.15, 0.2) is 0 Å². The number of nitrogens with zero attached hydrogens (tertiary/aromatic N) is 3. The Bertz CT molecular complexity index is 1080. The van der Waals surface area contributed by atoms with Gasteiger partial charge >= 0.3 is 0 Å². The van der Waals surface area contributed by atoms with Gasteiger partial charge in [0.05, 0.1) is 18.7 Å². The summed E-state index contributed by atoms with van der Waals surface area (Å²) in [5.41, 5.74) is 2.30. The van der Waals surface area contributed by atoms with Gasteiger partial charge in [0.25, 0.3) is 5.91 Å². The normalized spacial score (nSPS) is 23.3. The summed E-state index contributed by atoms with van der Waals surface area (Å²) in [6.45, 7) is 2.02. The fraction of sp³-hybridized carbons (Fsp3) is 0.462. The van der Waals surface area contributed by atoms with Gasteiger partial charge in [0, 0.05) is 44.8 Å². The highest BCUT2D eigenvalue weighted by atomic mass is 16.5. The Morgan fingerprint density at radius 1 is 1.12 bits per heavy atom. The van der Waals surface area contributed by atoms with Crippen LogP contribution in [0.3, 0.4) is 0 Å². The topological polar surface area (TPSA) is 91.8 Å². The Hall–Kier alpha value is -3.26. The van der Waals surface area contributed by atoms with Gasteiger partial charge in [-0.2, -0.15) is 0 Å². The molecule has 1 spiro atoms. The zero-order valence-corrected chi connectivity index (χ0v) is 19.4. The van der Waals surface area contributed by atoms with E-state index < -0.39 is 0 Å². The fourth-order valence-corrected chi connectivity index (χ4v) is 5.93. The Morgan fingerprint density at radius 3 is 2.56 bits per heavy atom. The molecule has 0 saturated carbocycles. The van der Waals surface area contributed by atoms with Gasteiger partial charge in [-0.25, -0.2) is 0 Å². The van der Waals surface area contributed by atoms with Crippen LogP contribution in [0.5, 0.6) is 0 Å². The monoisotopic (exact) mass is 462 g/mol. The number of fused-ring (bicyclic) bond motifs is 2. The summed E-state index contributed by atoms with van der Waals surface area (Å²) < 4.78 is 6.06. The average Bonchev–Trinajstić information content (AvgIpc) is 3.38. The van der Waals surface area contributed by atoms with E-state index in [1.165, 1.54) is 5.56 Å². The van der Waals surface area contributed by atoms with Gasteiger partial charge in [-0.05, 0) is 42.5 Å². The van der Waals surface area contributed by atoms with Crippen molar-refractivity contribution in [2.45, 2.75) is 43.2 Å². The minimum absolute atomic E-state index is 0.00496. The Kier molecular flexibility index (Phi) is 6.08. The maximum Gasteiger partial charge on any atom is 0.270 e. The predicted octanol–water partition coefficient (Wildman–Crippen LogP) is 2.06. The highest BCUT2D eigenvalue weighted by Gasteiger charge is 2.54.